The summed E-state index contributed by atoms with van der Waals surface area (Å²) < 4.78 is 1.99. The number of hydrogen-bond donors (Lipinski definition) is 1. The molecule has 1 rings (SSSR count). The number of aliphatic hydroxyl groups is 1. The molecule has 1 heterocycles. The average molecular weight is 196 g/mol. The maximum absolute atomic E-state index is 9.96. The molecule has 0 amide bonds. The van der Waals surface area contributed by atoms with Crippen molar-refractivity contribution in [2.45, 2.75) is 46.3 Å². The number of aromatic nitrogens is 2. The number of rotatable bonds is 5. The summed E-state index contributed by atoms with van der Waals surface area (Å²) in [5, 5.41) is 9.96. The van der Waals surface area contributed by atoms with Gasteiger partial charge in [0.2, 0.25) is 0 Å². The van der Waals surface area contributed by atoms with Crippen LogP contribution in [0.15, 0.2) is 12.5 Å². The fourth-order valence-corrected chi connectivity index (χ4v) is 1.54. The maximum atomic E-state index is 9.96. The molecule has 0 fully saturated rings. The first-order valence-corrected chi connectivity index (χ1v) is 5.37. The van der Waals surface area contributed by atoms with Crippen LogP contribution in [0.2, 0.25) is 0 Å². The van der Waals surface area contributed by atoms with E-state index >= 15 is 0 Å². The van der Waals surface area contributed by atoms with Crippen LogP contribution < -0.4 is 0 Å². The van der Waals surface area contributed by atoms with Crippen LogP contribution >= 0.6 is 0 Å². The summed E-state index contributed by atoms with van der Waals surface area (Å²) in [5.74, 6) is 0.560. The number of aryl methyl sites for hydroxylation is 1. The van der Waals surface area contributed by atoms with Crippen LogP contribution in [-0.2, 0) is 6.54 Å². The predicted octanol–water partition coefficient (Wildman–Crippen LogP) is 2.37. The highest BCUT2D eigenvalue weighted by Gasteiger charge is 2.14. The minimum absolute atomic E-state index is 0.368. The van der Waals surface area contributed by atoms with Gasteiger partial charge in [-0.25, -0.2) is 4.98 Å². The monoisotopic (exact) mass is 196 g/mol. The Kier molecular flexibility index (Phi) is 4.14. The standard InChI is InChI=1S/C11H20N2O/c1-4-9(3)6-11(14)10-7-12-8-13(10)5-2/h7-9,11,14H,4-6H2,1-3H3. The van der Waals surface area contributed by atoms with E-state index in [1.807, 2.05) is 4.57 Å². The minimum Gasteiger partial charge on any atom is -0.387 e. The van der Waals surface area contributed by atoms with E-state index in [-0.39, 0.29) is 6.10 Å². The lowest BCUT2D eigenvalue weighted by Gasteiger charge is -2.16. The van der Waals surface area contributed by atoms with Gasteiger partial charge in [0.1, 0.15) is 0 Å². The van der Waals surface area contributed by atoms with E-state index in [1.54, 1.807) is 12.5 Å². The Morgan fingerprint density at radius 3 is 2.79 bits per heavy atom. The van der Waals surface area contributed by atoms with Crippen molar-refractivity contribution in [2.24, 2.45) is 5.92 Å². The molecule has 0 saturated carbocycles. The summed E-state index contributed by atoms with van der Waals surface area (Å²) in [6, 6.07) is 0. The molecule has 0 aliphatic heterocycles. The van der Waals surface area contributed by atoms with Crippen molar-refractivity contribution in [2.75, 3.05) is 0 Å². The molecular weight excluding hydrogens is 176 g/mol. The molecule has 0 aliphatic rings. The lowest BCUT2D eigenvalue weighted by atomic mass is 9.99. The molecule has 0 aromatic carbocycles. The van der Waals surface area contributed by atoms with Crippen LogP contribution in [0.4, 0.5) is 0 Å². The van der Waals surface area contributed by atoms with Gasteiger partial charge in [-0.05, 0) is 19.3 Å². The topological polar surface area (TPSA) is 38.1 Å². The number of imidazole rings is 1. The van der Waals surface area contributed by atoms with Crippen LogP contribution in [0.25, 0.3) is 0 Å². The second-order valence-electron chi connectivity index (χ2n) is 3.87. The summed E-state index contributed by atoms with van der Waals surface area (Å²) in [7, 11) is 0. The molecule has 80 valence electrons. The van der Waals surface area contributed by atoms with Crippen molar-refractivity contribution in [3.05, 3.63) is 18.2 Å². The first-order chi connectivity index (χ1) is 6.69. The van der Waals surface area contributed by atoms with Crippen LogP contribution in [0, 0.1) is 5.92 Å². The summed E-state index contributed by atoms with van der Waals surface area (Å²) in [6.07, 6.45) is 5.10. The molecule has 2 unspecified atom stereocenters. The first kappa shape index (κ1) is 11.2. The van der Waals surface area contributed by atoms with Gasteiger partial charge in [-0.2, -0.15) is 0 Å². The zero-order valence-electron chi connectivity index (χ0n) is 9.27. The van der Waals surface area contributed by atoms with Crippen molar-refractivity contribution >= 4 is 0 Å². The number of aliphatic hydroxyl groups excluding tert-OH is 1. The van der Waals surface area contributed by atoms with Gasteiger partial charge in [0.15, 0.2) is 0 Å². The largest absolute Gasteiger partial charge is 0.387 e. The fraction of sp³-hybridized carbons (Fsp3) is 0.727. The summed E-state index contributed by atoms with van der Waals surface area (Å²) in [5.41, 5.74) is 0.938. The van der Waals surface area contributed by atoms with E-state index in [0.29, 0.717) is 5.92 Å². The minimum atomic E-state index is -0.368. The average Bonchev–Trinajstić information content (AvgIpc) is 2.65. The van der Waals surface area contributed by atoms with Crippen molar-refractivity contribution in [3.63, 3.8) is 0 Å². The molecular formula is C11H20N2O. The molecule has 1 aromatic heterocycles. The third kappa shape index (κ3) is 2.58. The third-order valence-electron chi connectivity index (χ3n) is 2.75. The lowest BCUT2D eigenvalue weighted by molar-refractivity contribution is 0.138. The molecule has 3 heteroatoms. The molecule has 14 heavy (non-hydrogen) atoms. The first-order valence-electron chi connectivity index (χ1n) is 5.37. The Bertz CT molecular complexity index is 270. The van der Waals surface area contributed by atoms with E-state index in [9.17, 15) is 5.11 Å². The molecule has 1 N–H and O–H groups in total. The van der Waals surface area contributed by atoms with E-state index in [4.69, 9.17) is 0 Å². The second kappa shape index (κ2) is 5.15. The van der Waals surface area contributed by atoms with Crippen LogP contribution in [0.1, 0.15) is 45.4 Å². The lowest BCUT2D eigenvalue weighted by Crippen LogP contribution is -2.09. The Hall–Kier alpha value is -0.830. The van der Waals surface area contributed by atoms with Gasteiger partial charge in [-0.3, -0.25) is 0 Å². The van der Waals surface area contributed by atoms with Gasteiger partial charge in [-0.15, -0.1) is 0 Å². The SMILES string of the molecule is CCC(C)CC(O)c1cncn1CC. The highest BCUT2D eigenvalue weighted by atomic mass is 16.3. The normalized spacial score (nSPS) is 15.4. The Morgan fingerprint density at radius 2 is 2.21 bits per heavy atom. The zero-order valence-corrected chi connectivity index (χ0v) is 9.27. The molecule has 0 saturated heterocycles. The summed E-state index contributed by atoms with van der Waals surface area (Å²) in [4.78, 5) is 4.05. The molecule has 0 aliphatic carbocycles. The van der Waals surface area contributed by atoms with Crippen molar-refractivity contribution in [3.8, 4) is 0 Å². The summed E-state index contributed by atoms with van der Waals surface area (Å²) in [6.45, 7) is 7.23. The molecule has 3 nitrogen and oxygen atoms in total. The van der Waals surface area contributed by atoms with E-state index in [0.717, 1.165) is 25.1 Å². The molecule has 0 spiro atoms. The molecule has 0 radical (unpaired) electrons. The van der Waals surface area contributed by atoms with Crippen LogP contribution in [0.5, 0.6) is 0 Å². The predicted molar refractivity (Wildman–Crippen MR) is 56.9 cm³/mol. The van der Waals surface area contributed by atoms with Gasteiger partial charge >= 0.3 is 0 Å². The molecule has 2 atom stereocenters. The van der Waals surface area contributed by atoms with Gasteiger partial charge in [-0.1, -0.05) is 20.3 Å². The van der Waals surface area contributed by atoms with E-state index in [1.165, 1.54) is 0 Å². The van der Waals surface area contributed by atoms with Gasteiger partial charge in [0.05, 0.1) is 24.3 Å². The smallest absolute Gasteiger partial charge is 0.0958 e. The fourth-order valence-electron chi connectivity index (χ4n) is 1.54. The molecule has 0 bridgehead atoms. The van der Waals surface area contributed by atoms with E-state index in [2.05, 4.69) is 25.8 Å². The maximum Gasteiger partial charge on any atom is 0.0958 e. The van der Waals surface area contributed by atoms with Crippen molar-refractivity contribution in [1.82, 2.24) is 9.55 Å². The van der Waals surface area contributed by atoms with Crippen molar-refractivity contribution < 1.29 is 5.11 Å². The second-order valence-corrected chi connectivity index (χ2v) is 3.87. The highest BCUT2D eigenvalue weighted by Crippen LogP contribution is 2.22. The van der Waals surface area contributed by atoms with E-state index < -0.39 is 0 Å². The quantitative estimate of drug-likeness (QED) is 0.785. The number of hydrogen-bond acceptors (Lipinski definition) is 2. The zero-order chi connectivity index (χ0) is 10.6. The summed E-state index contributed by atoms with van der Waals surface area (Å²) >= 11 is 0. The van der Waals surface area contributed by atoms with Crippen LogP contribution in [0.3, 0.4) is 0 Å². The van der Waals surface area contributed by atoms with Gasteiger partial charge in [0.25, 0.3) is 0 Å². The number of nitrogens with zero attached hydrogens (tertiary/aromatic N) is 2. The Balaban J connectivity index is 2.64. The van der Waals surface area contributed by atoms with Gasteiger partial charge in [0, 0.05) is 6.54 Å². The Morgan fingerprint density at radius 1 is 1.50 bits per heavy atom. The molecule has 1 aromatic rings. The van der Waals surface area contributed by atoms with Crippen molar-refractivity contribution in [1.29, 1.82) is 0 Å². The van der Waals surface area contributed by atoms with Crippen LogP contribution in [-0.4, -0.2) is 14.7 Å². The third-order valence-corrected chi connectivity index (χ3v) is 2.75. The van der Waals surface area contributed by atoms with Gasteiger partial charge < -0.3 is 9.67 Å². The Labute approximate surface area is 85.8 Å². The highest BCUT2D eigenvalue weighted by molar-refractivity contribution is 5.02.